The summed E-state index contributed by atoms with van der Waals surface area (Å²) in [7, 11) is 0. The summed E-state index contributed by atoms with van der Waals surface area (Å²) in [5.41, 5.74) is 1.05. The van der Waals surface area contributed by atoms with Gasteiger partial charge in [0.2, 0.25) is 5.91 Å². The Balaban J connectivity index is 1.39. The highest BCUT2D eigenvalue weighted by Gasteiger charge is 2.45. The Bertz CT molecular complexity index is 994. The van der Waals surface area contributed by atoms with E-state index in [4.69, 9.17) is 0 Å². The summed E-state index contributed by atoms with van der Waals surface area (Å²) < 4.78 is 42.0. The van der Waals surface area contributed by atoms with Gasteiger partial charge in [0.15, 0.2) is 0 Å². The summed E-state index contributed by atoms with van der Waals surface area (Å²) in [6.07, 6.45) is 0.971. The zero-order chi connectivity index (χ0) is 22.9. The van der Waals surface area contributed by atoms with Crippen molar-refractivity contribution < 1.29 is 27.5 Å². The minimum atomic E-state index is -4.83. The first-order valence-electron chi connectivity index (χ1n) is 10.6. The van der Waals surface area contributed by atoms with Gasteiger partial charge in [-0.25, -0.2) is 0 Å². The number of hydrogen-bond acceptors (Lipinski definition) is 4. The number of aromatic nitrogens is 1. The molecule has 1 saturated heterocycles. The van der Waals surface area contributed by atoms with Crippen LogP contribution in [-0.4, -0.2) is 47.2 Å². The number of likely N-dealkylation sites (tertiary alicyclic amines) is 1. The monoisotopic (exact) mass is 447 g/mol. The topological polar surface area (TPSA) is 71.5 Å². The number of nitrogens with one attached hydrogen (secondary N) is 1. The number of para-hydroxylation sites is 1. The molecule has 2 heterocycles. The minimum absolute atomic E-state index is 0.114. The number of halogens is 3. The molecule has 4 rings (SSSR count). The SMILES string of the molecule is CC(NC(=O)c1ccc(-c2ccccc2OC(F)(F)F)nc1)C(=O)N1CCC2(CC1)CC2. The van der Waals surface area contributed by atoms with Gasteiger partial charge < -0.3 is 15.0 Å². The Hall–Kier alpha value is -3.10. The van der Waals surface area contributed by atoms with Crippen LogP contribution < -0.4 is 10.1 Å². The molecule has 0 radical (unpaired) electrons. The lowest BCUT2D eigenvalue weighted by Crippen LogP contribution is -2.49. The van der Waals surface area contributed by atoms with Crippen molar-refractivity contribution >= 4 is 11.8 Å². The molecular weight excluding hydrogens is 423 g/mol. The first-order valence-corrected chi connectivity index (χ1v) is 10.6. The predicted molar refractivity (Wildman–Crippen MR) is 111 cm³/mol. The first-order chi connectivity index (χ1) is 15.2. The van der Waals surface area contributed by atoms with Gasteiger partial charge in [0, 0.05) is 24.8 Å². The summed E-state index contributed by atoms with van der Waals surface area (Å²) >= 11 is 0. The number of nitrogens with zero attached hydrogens (tertiary/aromatic N) is 2. The van der Waals surface area contributed by atoms with Crippen LogP contribution in [0.2, 0.25) is 0 Å². The van der Waals surface area contributed by atoms with Crippen LogP contribution >= 0.6 is 0 Å². The molecule has 1 unspecified atom stereocenters. The number of carbonyl (C=O) groups excluding carboxylic acids is 2. The number of hydrogen-bond donors (Lipinski definition) is 1. The molecular formula is C23H24F3N3O3. The molecule has 1 N–H and O–H groups in total. The van der Waals surface area contributed by atoms with Crippen molar-refractivity contribution in [1.29, 1.82) is 0 Å². The smallest absolute Gasteiger partial charge is 0.405 e. The third-order valence-electron chi connectivity index (χ3n) is 6.23. The standard InChI is InChI=1S/C23H24F3N3O3/c1-15(21(31)29-12-10-22(8-9-22)11-13-29)28-20(30)16-6-7-18(27-14-16)17-4-2-3-5-19(17)32-23(24,25)26/h2-7,14-15H,8-13H2,1H3,(H,28,30). The Labute approximate surface area is 183 Å². The van der Waals surface area contributed by atoms with E-state index in [1.54, 1.807) is 17.9 Å². The Morgan fingerprint density at radius 2 is 1.78 bits per heavy atom. The summed E-state index contributed by atoms with van der Waals surface area (Å²) in [4.78, 5) is 31.2. The van der Waals surface area contributed by atoms with Crippen molar-refractivity contribution in [3.63, 3.8) is 0 Å². The highest BCUT2D eigenvalue weighted by Crippen LogP contribution is 2.53. The van der Waals surface area contributed by atoms with Gasteiger partial charge in [-0.05, 0) is 62.3 Å². The number of pyridine rings is 1. The fraction of sp³-hybridized carbons (Fsp3) is 0.435. The first kappa shape index (κ1) is 22.1. The average Bonchev–Trinajstić information content (AvgIpc) is 3.52. The minimum Gasteiger partial charge on any atom is -0.405 e. The molecule has 32 heavy (non-hydrogen) atoms. The quantitative estimate of drug-likeness (QED) is 0.747. The highest BCUT2D eigenvalue weighted by atomic mass is 19.4. The van der Waals surface area contributed by atoms with E-state index < -0.39 is 18.3 Å². The zero-order valence-electron chi connectivity index (χ0n) is 17.6. The third kappa shape index (κ3) is 5.03. The van der Waals surface area contributed by atoms with E-state index in [2.05, 4.69) is 15.0 Å². The maximum Gasteiger partial charge on any atom is 0.573 e. The lowest BCUT2D eigenvalue weighted by atomic mass is 9.93. The molecule has 0 bridgehead atoms. The molecule has 1 aliphatic carbocycles. The molecule has 1 aromatic carbocycles. The molecule has 6 nitrogen and oxygen atoms in total. The molecule has 170 valence electrons. The van der Waals surface area contributed by atoms with Crippen LogP contribution in [-0.2, 0) is 4.79 Å². The summed E-state index contributed by atoms with van der Waals surface area (Å²) in [6.45, 7) is 3.08. The van der Waals surface area contributed by atoms with Crippen molar-refractivity contribution in [1.82, 2.24) is 15.2 Å². The maximum atomic E-state index is 12.7. The van der Waals surface area contributed by atoms with Crippen LogP contribution in [0.1, 0.15) is 43.0 Å². The number of benzene rings is 1. The van der Waals surface area contributed by atoms with Crippen molar-refractivity contribution in [2.24, 2.45) is 5.41 Å². The molecule has 1 atom stereocenters. The van der Waals surface area contributed by atoms with Crippen LogP contribution in [0.25, 0.3) is 11.3 Å². The van der Waals surface area contributed by atoms with E-state index >= 15 is 0 Å². The maximum absolute atomic E-state index is 12.7. The van der Waals surface area contributed by atoms with E-state index in [0.29, 0.717) is 18.5 Å². The second-order valence-corrected chi connectivity index (χ2v) is 8.50. The van der Waals surface area contributed by atoms with Gasteiger partial charge in [-0.3, -0.25) is 14.6 Å². The van der Waals surface area contributed by atoms with Gasteiger partial charge in [0.25, 0.3) is 5.91 Å². The van der Waals surface area contributed by atoms with Gasteiger partial charge in [-0.1, -0.05) is 12.1 Å². The lowest BCUT2D eigenvalue weighted by molar-refractivity contribution is -0.274. The lowest BCUT2D eigenvalue weighted by Gasteiger charge is -2.33. The van der Waals surface area contributed by atoms with Crippen molar-refractivity contribution in [2.75, 3.05) is 13.1 Å². The number of alkyl halides is 3. The summed E-state index contributed by atoms with van der Waals surface area (Å²) in [5, 5.41) is 2.69. The Morgan fingerprint density at radius 1 is 1.09 bits per heavy atom. The van der Waals surface area contributed by atoms with E-state index in [1.807, 2.05) is 0 Å². The number of ether oxygens (including phenoxy) is 1. The summed E-state index contributed by atoms with van der Waals surface area (Å²) in [6, 6.07) is 7.86. The van der Waals surface area contributed by atoms with Gasteiger partial charge in [-0.2, -0.15) is 0 Å². The largest absolute Gasteiger partial charge is 0.573 e. The fourth-order valence-corrected chi connectivity index (χ4v) is 4.07. The highest BCUT2D eigenvalue weighted by molar-refractivity contribution is 5.97. The van der Waals surface area contributed by atoms with Crippen molar-refractivity contribution in [3.8, 4) is 17.0 Å². The third-order valence-corrected chi connectivity index (χ3v) is 6.23. The van der Waals surface area contributed by atoms with Gasteiger partial charge in [-0.15, -0.1) is 13.2 Å². The molecule has 2 amide bonds. The number of amides is 2. The Morgan fingerprint density at radius 3 is 2.38 bits per heavy atom. The predicted octanol–water partition coefficient (Wildman–Crippen LogP) is 4.17. The van der Waals surface area contributed by atoms with Crippen LogP contribution in [0.3, 0.4) is 0 Å². The van der Waals surface area contributed by atoms with E-state index in [0.717, 1.165) is 12.8 Å². The molecule has 1 spiro atoms. The molecule has 1 aliphatic heterocycles. The molecule has 2 aliphatic rings. The Kier molecular flexibility index (Phi) is 5.83. The zero-order valence-corrected chi connectivity index (χ0v) is 17.6. The number of piperidine rings is 1. The van der Waals surface area contributed by atoms with Crippen LogP contribution in [0, 0.1) is 5.41 Å². The van der Waals surface area contributed by atoms with Gasteiger partial charge >= 0.3 is 6.36 Å². The van der Waals surface area contributed by atoms with E-state index in [9.17, 15) is 22.8 Å². The molecule has 1 saturated carbocycles. The molecule has 1 aromatic heterocycles. The second-order valence-electron chi connectivity index (χ2n) is 8.50. The van der Waals surface area contributed by atoms with Gasteiger partial charge in [0.05, 0.1) is 11.3 Å². The fourth-order valence-electron chi connectivity index (χ4n) is 4.07. The average molecular weight is 447 g/mol. The van der Waals surface area contributed by atoms with E-state index in [-0.39, 0.29) is 28.5 Å². The second kappa shape index (κ2) is 8.44. The normalized spacial score (nSPS) is 18.2. The van der Waals surface area contributed by atoms with Gasteiger partial charge in [0.1, 0.15) is 11.8 Å². The van der Waals surface area contributed by atoms with Crippen molar-refractivity contribution in [2.45, 2.75) is 45.0 Å². The molecule has 9 heteroatoms. The van der Waals surface area contributed by atoms with Crippen LogP contribution in [0.15, 0.2) is 42.6 Å². The number of rotatable bonds is 5. The van der Waals surface area contributed by atoms with Crippen LogP contribution in [0.4, 0.5) is 13.2 Å². The van der Waals surface area contributed by atoms with Crippen LogP contribution in [0.5, 0.6) is 5.75 Å². The number of carbonyl (C=O) groups is 2. The van der Waals surface area contributed by atoms with E-state index in [1.165, 1.54) is 49.4 Å². The van der Waals surface area contributed by atoms with Crippen molar-refractivity contribution in [3.05, 3.63) is 48.2 Å². The summed E-state index contributed by atoms with van der Waals surface area (Å²) in [5.74, 6) is -0.963. The molecule has 2 aromatic rings. The molecule has 2 fully saturated rings.